The number of methoxy groups -OCH3 is 1. The molecule has 0 amide bonds. The summed E-state index contributed by atoms with van der Waals surface area (Å²) in [6, 6.07) is 6.30. The van der Waals surface area contributed by atoms with Gasteiger partial charge in [-0.05, 0) is 30.3 Å². The molecule has 0 aliphatic carbocycles. The largest absolute Gasteiger partial charge is 0.465 e. The smallest absolute Gasteiger partial charge is 0.416 e. The number of aromatic nitrogens is 1. The van der Waals surface area contributed by atoms with Crippen LogP contribution in [0.2, 0.25) is 0 Å². The Kier molecular flexibility index (Phi) is 3.57. The molecule has 2 rings (SSSR count). The SMILES string of the molecule is COC(=O)c1ccc(C(F)(F)F)cc1-c1cccn1C. The van der Waals surface area contributed by atoms with Crippen molar-refractivity contribution in [3.63, 3.8) is 0 Å². The Hall–Kier alpha value is -2.24. The number of ether oxygens (including phenoxy) is 1. The number of halogens is 3. The maximum Gasteiger partial charge on any atom is 0.416 e. The minimum Gasteiger partial charge on any atom is -0.465 e. The highest BCUT2D eigenvalue weighted by Crippen LogP contribution is 2.34. The monoisotopic (exact) mass is 283 g/mol. The van der Waals surface area contributed by atoms with Gasteiger partial charge < -0.3 is 9.30 Å². The van der Waals surface area contributed by atoms with E-state index in [-0.39, 0.29) is 11.1 Å². The van der Waals surface area contributed by atoms with Crippen molar-refractivity contribution in [2.45, 2.75) is 6.18 Å². The van der Waals surface area contributed by atoms with Crippen molar-refractivity contribution < 1.29 is 22.7 Å². The van der Waals surface area contributed by atoms with Crippen molar-refractivity contribution in [3.8, 4) is 11.3 Å². The van der Waals surface area contributed by atoms with Crippen LogP contribution in [0.1, 0.15) is 15.9 Å². The van der Waals surface area contributed by atoms with Gasteiger partial charge in [-0.2, -0.15) is 13.2 Å². The molecule has 2 aromatic rings. The zero-order valence-corrected chi connectivity index (χ0v) is 10.9. The third-order valence-electron chi connectivity index (χ3n) is 2.97. The van der Waals surface area contributed by atoms with Gasteiger partial charge in [0, 0.05) is 24.5 Å². The molecule has 0 saturated heterocycles. The molecule has 0 spiro atoms. The summed E-state index contributed by atoms with van der Waals surface area (Å²) in [5.41, 5.74) is -0.000622. The summed E-state index contributed by atoms with van der Waals surface area (Å²) in [6.07, 6.45) is -2.77. The average Bonchev–Trinajstić information content (AvgIpc) is 2.82. The number of alkyl halides is 3. The summed E-state index contributed by atoms with van der Waals surface area (Å²) >= 11 is 0. The molecule has 0 saturated carbocycles. The van der Waals surface area contributed by atoms with Gasteiger partial charge in [0.05, 0.1) is 18.2 Å². The van der Waals surface area contributed by atoms with Crippen molar-refractivity contribution in [2.75, 3.05) is 7.11 Å². The molecule has 0 atom stereocenters. The number of esters is 1. The van der Waals surface area contributed by atoms with Gasteiger partial charge in [-0.1, -0.05) is 0 Å². The van der Waals surface area contributed by atoms with Crippen molar-refractivity contribution >= 4 is 5.97 Å². The Balaban J connectivity index is 2.67. The Morgan fingerprint density at radius 3 is 2.45 bits per heavy atom. The first-order chi connectivity index (χ1) is 9.34. The van der Waals surface area contributed by atoms with E-state index >= 15 is 0 Å². The highest BCUT2D eigenvalue weighted by molar-refractivity contribution is 5.97. The van der Waals surface area contributed by atoms with E-state index in [0.717, 1.165) is 18.2 Å². The van der Waals surface area contributed by atoms with E-state index in [4.69, 9.17) is 0 Å². The number of carbonyl (C=O) groups excluding carboxylic acids is 1. The highest BCUT2D eigenvalue weighted by Gasteiger charge is 2.32. The molecule has 1 aromatic heterocycles. The van der Waals surface area contributed by atoms with Gasteiger partial charge in [-0.15, -0.1) is 0 Å². The molecule has 0 aliphatic rings. The lowest BCUT2D eigenvalue weighted by atomic mass is 10.0. The third kappa shape index (κ3) is 2.54. The topological polar surface area (TPSA) is 31.2 Å². The summed E-state index contributed by atoms with van der Waals surface area (Å²) in [5.74, 6) is -0.671. The normalized spacial score (nSPS) is 11.4. The molecular weight excluding hydrogens is 271 g/mol. The standard InChI is InChI=1S/C14H12F3NO2/c1-18-7-3-4-12(18)11-8-9(14(15,16)17)5-6-10(11)13(19)20-2/h3-8H,1-2H3. The highest BCUT2D eigenvalue weighted by atomic mass is 19.4. The molecule has 0 unspecified atom stereocenters. The summed E-state index contributed by atoms with van der Waals surface area (Å²) in [6.45, 7) is 0. The second-order valence-electron chi connectivity index (χ2n) is 4.25. The molecular formula is C14H12F3NO2. The fourth-order valence-corrected chi connectivity index (χ4v) is 1.96. The van der Waals surface area contributed by atoms with Gasteiger partial charge in [0.2, 0.25) is 0 Å². The molecule has 106 valence electrons. The van der Waals surface area contributed by atoms with E-state index < -0.39 is 17.7 Å². The minimum absolute atomic E-state index is 0.0994. The van der Waals surface area contributed by atoms with E-state index in [0.29, 0.717) is 5.69 Å². The number of nitrogens with zero attached hydrogens (tertiary/aromatic N) is 1. The van der Waals surface area contributed by atoms with E-state index in [1.54, 1.807) is 29.9 Å². The van der Waals surface area contributed by atoms with Gasteiger partial charge in [0.25, 0.3) is 0 Å². The second kappa shape index (κ2) is 5.03. The van der Waals surface area contributed by atoms with Crippen LogP contribution in [0.25, 0.3) is 11.3 Å². The number of hydrogen-bond acceptors (Lipinski definition) is 2. The van der Waals surface area contributed by atoms with Gasteiger partial charge in [-0.25, -0.2) is 4.79 Å². The average molecular weight is 283 g/mol. The molecule has 1 aromatic carbocycles. The van der Waals surface area contributed by atoms with Gasteiger partial charge in [0.15, 0.2) is 0 Å². The number of hydrogen-bond donors (Lipinski definition) is 0. The summed E-state index contributed by atoms with van der Waals surface area (Å²) in [7, 11) is 2.88. The van der Waals surface area contributed by atoms with E-state index in [1.807, 2.05) is 0 Å². The first-order valence-electron chi connectivity index (χ1n) is 5.76. The lowest BCUT2D eigenvalue weighted by Gasteiger charge is -2.13. The third-order valence-corrected chi connectivity index (χ3v) is 2.97. The number of carbonyl (C=O) groups is 1. The zero-order chi connectivity index (χ0) is 14.9. The van der Waals surface area contributed by atoms with Crippen LogP contribution in [0, 0.1) is 0 Å². The summed E-state index contributed by atoms with van der Waals surface area (Å²) < 4.78 is 44.7. The molecule has 20 heavy (non-hydrogen) atoms. The van der Waals surface area contributed by atoms with Crippen LogP contribution in [0.3, 0.4) is 0 Å². The lowest BCUT2D eigenvalue weighted by molar-refractivity contribution is -0.137. The van der Waals surface area contributed by atoms with Crippen LogP contribution in [0.15, 0.2) is 36.5 Å². The van der Waals surface area contributed by atoms with E-state index in [9.17, 15) is 18.0 Å². The minimum atomic E-state index is -4.46. The van der Waals surface area contributed by atoms with Crippen molar-refractivity contribution in [1.82, 2.24) is 4.57 Å². The van der Waals surface area contributed by atoms with E-state index in [1.165, 1.54) is 7.11 Å². The predicted octanol–water partition coefficient (Wildman–Crippen LogP) is 3.50. The first kappa shape index (κ1) is 14.2. The van der Waals surface area contributed by atoms with Gasteiger partial charge >= 0.3 is 12.1 Å². The molecule has 0 radical (unpaired) electrons. The van der Waals surface area contributed by atoms with Crippen LogP contribution < -0.4 is 0 Å². The van der Waals surface area contributed by atoms with Crippen LogP contribution >= 0.6 is 0 Å². The Morgan fingerprint density at radius 1 is 1.25 bits per heavy atom. The van der Waals surface area contributed by atoms with Crippen LogP contribution in [0.4, 0.5) is 13.2 Å². The Morgan fingerprint density at radius 2 is 1.95 bits per heavy atom. The number of benzene rings is 1. The van der Waals surface area contributed by atoms with Gasteiger partial charge in [-0.3, -0.25) is 0 Å². The summed E-state index contributed by atoms with van der Waals surface area (Å²) in [5, 5.41) is 0. The maximum atomic E-state index is 12.8. The van der Waals surface area contributed by atoms with Crippen LogP contribution in [0.5, 0.6) is 0 Å². The summed E-state index contributed by atoms with van der Waals surface area (Å²) in [4.78, 5) is 11.7. The quantitative estimate of drug-likeness (QED) is 0.790. The second-order valence-corrected chi connectivity index (χ2v) is 4.25. The van der Waals surface area contributed by atoms with Crippen molar-refractivity contribution in [3.05, 3.63) is 47.7 Å². The number of aryl methyl sites for hydroxylation is 1. The molecule has 0 aliphatic heterocycles. The predicted molar refractivity (Wildman–Crippen MR) is 67.2 cm³/mol. The molecule has 3 nitrogen and oxygen atoms in total. The Bertz CT molecular complexity index is 644. The van der Waals surface area contributed by atoms with Crippen LogP contribution in [-0.2, 0) is 18.0 Å². The lowest BCUT2D eigenvalue weighted by Crippen LogP contribution is -2.09. The van der Waals surface area contributed by atoms with E-state index in [2.05, 4.69) is 4.74 Å². The molecule has 0 bridgehead atoms. The first-order valence-corrected chi connectivity index (χ1v) is 5.76. The fraction of sp³-hybridized carbons (Fsp3) is 0.214. The molecule has 6 heteroatoms. The molecule has 0 fully saturated rings. The van der Waals surface area contributed by atoms with Crippen LogP contribution in [-0.4, -0.2) is 17.6 Å². The zero-order valence-electron chi connectivity index (χ0n) is 10.9. The van der Waals surface area contributed by atoms with Gasteiger partial charge in [0.1, 0.15) is 0 Å². The maximum absolute atomic E-state index is 12.8. The Labute approximate surface area is 113 Å². The molecule has 1 heterocycles. The fourth-order valence-electron chi connectivity index (χ4n) is 1.96. The van der Waals surface area contributed by atoms with Crippen molar-refractivity contribution in [2.24, 2.45) is 7.05 Å². The number of rotatable bonds is 2. The van der Waals surface area contributed by atoms with Crippen molar-refractivity contribution in [1.29, 1.82) is 0 Å². The molecule has 0 N–H and O–H groups in total.